The summed E-state index contributed by atoms with van der Waals surface area (Å²) in [5, 5.41) is 2.96. The Bertz CT molecular complexity index is 852. The molecule has 168 valence electrons. The fraction of sp³-hybridized carbons (Fsp3) is 0.440. The SMILES string of the molecule is COc1ccc(CSCC(=O)N(Cc2ccccc2C)[C@@H](C)C(=O)NCC(C)C)cc1. The molecular formula is C25H34N2O3S. The van der Waals surface area contributed by atoms with Crippen LogP contribution in [0, 0.1) is 12.8 Å². The molecule has 1 atom stereocenters. The normalized spacial score (nSPS) is 11.8. The number of hydrogen-bond acceptors (Lipinski definition) is 4. The molecule has 1 N–H and O–H groups in total. The van der Waals surface area contributed by atoms with Gasteiger partial charge in [-0.25, -0.2) is 0 Å². The van der Waals surface area contributed by atoms with Crippen LogP contribution in [0.5, 0.6) is 5.75 Å². The summed E-state index contributed by atoms with van der Waals surface area (Å²) >= 11 is 1.55. The minimum Gasteiger partial charge on any atom is -0.497 e. The van der Waals surface area contributed by atoms with Crippen LogP contribution in [-0.2, 0) is 21.9 Å². The highest BCUT2D eigenvalue weighted by atomic mass is 32.2. The molecule has 0 bridgehead atoms. The van der Waals surface area contributed by atoms with Crippen molar-refractivity contribution < 1.29 is 14.3 Å². The van der Waals surface area contributed by atoms with Gasteiger partial charge < -0.3 is 15.0 Å². The van der Waals surface area contributed by atoms with Crippen LogP contribution in [0.3, 0.4) is 0 Å². The van der Waals surface area contributed by atoms with Gasteiger partial charge in [0.15, 0.2) is 0 Å². The highest BCUT2D eigenvalue weighted by Gasteiger charge is 2.26. The van der Waals surface area contributed by atoms with Crippen molar-refractivity contribution in [1.82, 2.24) is 10.2 Å². The van der Waals surface area contributed by atoms with E-state index in [2.05, 4.69) is 19.2 Å². The van der Waals surface area contributed by atoms with E-state index in [0.717, 1.165) is 28.2 Å². The molecule has 0 aliphatic rings. The van der Waals surface area contributed by atoms with Crippen molar-refractivity contribution >= 4 is 23.6 Å². The Morgan fingerprint density at radius 2 is 1.74 bits per heavy atom. The Morgan fingerprint density at radius 1 is 1.06 bits per heavy atom. The van der Waals surface area contributed by atoms with Crippen LogP contribution in [0.1, 0.15) is 37.5 Å². The number of nitrogens with zero attached hydrogens (tertiary/aromatic N) is 1. The van der Waals surface area contributed by atoms with Crippen LogP contribution < -0.4 is 10.1 Å². The molecule has 0 aromatic heterocycles. The maximum Gasteiger partial charge on any atom is 0.242 e. The fourth-order valence-corrected chi connectivity index (χ4v) is 3.94. The minimum absolute atomic E-state index is 0.0334. The lowest BCUT2D eigenvalue weighted by molar-refractivity contribution is -0.138. The highest BCUT2D eigenvalue weighted by molar-refractivity contribution is 7.99. The Morgan fingerprint density at radius 3 is 2.35 bits per heavy atom. The monoisotopic (exact) mass is 442 g/mol. The molecule has 2 aromatic rings. The number of thioether (sulfide) groups is 1. The molecule has 2 rings (SSSR count). The van der Waals surface area contributed by atoms with Crippen molar-refractivity contribution in [2.24, 2.45) is 5.92 Å². The van der Waals surface area contributed by atoms with Crippen LogP contribution in [0.2, 0.25) is 0 Å². The summed E-state index contributed by atoms with van der Waals surface area (Å²) in [6, 6.07) is 15.3. The molecule has 0 saturated carbocycles. The molecule has 0 aliphatic heterocycles. The third-order valence-electron chi connectivity index (χ3n) is 5.11. The van der Waals surface area contributed by atoms with Crippen LogP contribution in [0.15, 0.2) is 48.5 Å². The molecule has 0 heterocycles. The van der Waals surface area contributed by atoms with Crippen LogP contribution in [0.25, 0.3) is 0 Å². The Hall–Kier alpha value is -2.47. The van der Waals surface area contributed by atoms with Gasteiger partial charge >= 0.3 is 0 Å². The summed E-state index contributed by atoms with van der Waals surface area (Å²) < 4.78 is 5.19. The topological polar surface area (TPSA) is 58.6 Å². The summed E-state index contributed by atoms with van der Waals surface area (Å²) in [4.78, 5) is 27.5. The standard InChI is InChI=1S/C25H34N2O3S/c1-18(2)14-26-25(29)20(4)27(15-22-9-7-6-8-19(22)3)24(28)17-31-16-21-10-12-23(30-5)13-11-21/h6-13,18,20H,14-17H2,1-5H3,(H,26,29)/t20-/m0/s1. The van der Waals surface area contributed by atoms with E-state index in [4.69, 9.17) is 4.74 Å². The van der Waals surface area contributed by atoms with Crippen LogP contribution in [0.4, 0.5) is 0 Å². The lowest BCUT2D eigenvalue weighted by Gasteiger charge is -2.29. The van der Waals surface area contributed by atoms with E-state index < -0.39 is 6.04 Å². The first-order valence-electron chi connectivity index (χ1n) is 10.6. The first kappa shape index (κ1) is 24.8. The third-order valence-corrected chi connectivity index (χ3v) is 6.10. The van der Waals surface area contributed by atoms with Gasteiger partial charge in [-0.15, -0.1) is 11.8 Å². The van der Waals surface area contributed by atoms with Gasteiger partial charge in [-0.2, -0.15) is 0 Å². The lowest BCUT2D eigenvalue weighted by atomic mass is 10.1. The lowest BCUT2D eigenvalue weighted by Crippen LogP contribution is -2.48. The van der Waals surface area contributed by atoms with Gasteiger partial charge in [0.2, 0.25) is 11.8 Å². The number of methoxy groups -OCH3 is 1. The number of rotatable bonds is 11. The Kier molecular flexibility index (Phi) is 9.92. The molecule has 2 aromatic carbocycles. The third kappa shape index (κ3) is 7.94. The van der Waals surface area contributed by atoms with E-state index in [1.807, 2.05) is 55.5 Å². The van der Waals surface area contributed by atoms with Gasteiger partial charge in [-0.05, 0) is 48.6 Å². The molecule has 6 heteroatoms. The summed E-state index contributed by atoms with van der Waals surface area (Å²) in [5.74, 6) is 2.07. The molecule has 0 spiro atoms. The van der Waals surface area contributed by atoms with Gasteiger partial charge in [-0.1, -0.05) is 50.2 Å². The number of ether oxygens (including phenoxy) is 1. The highest BCUT2D eigenvalue weighted by Crippen LogP contribution is 2.19. The largest absolute Gasteiger partial charge is 0.497 e. The zero-order valence-corrected chi connectivity index (χ0v) is 20.0. The molecule has 2 amide bonds. The van der Waals surface area contributed by atoms with Crippen molar-refractivity contribution in [3.63, 3.8) is 0 Å². The van der Waals surface area contributed by atoms with E-state index in [-0.39, 0.29) is 11.8 Å². The number of benzene rings is 2. The summed E-state index contributed by atoms with van der Waals surface area (Å²) in [6.07, 6.45) is 0. The summed E-state index contributed by atoms with van der Waals surface area (Å²) in [6.45, 7) is 8.96. The maximum atomic E-state index is 13.1. The van der Waals surface area contributed by atoms with E-state index in [9.17, 15) is 9.59 Å². The summed E-state index contributed by atoms with van der Waals surface area (Å²) in [7, 11) is 1.64. The van der Waals surface area contributed by atoms with Crippen molar-refractivity contribution in [2.45, 2.75) is 46.0 Å². The first-order chi connectivity index (χ1) is 14.8. The molecule has 0 fully saturated rings. The average Bonchev–Trinajstić information content (AvgIpc) is 2.76. The average molecular weight is 443 g/mol. The smallest absolute Gasteiger partial charge is 0.242 e. The number of amides is 2. The molecule has 0 unspecified atom stereocenters. The molecule has 0 radical (unpaired) electrons. The van der Waals surface area contributed by atoms with Crippen molar-refractivity contribution in [1.29, 1.82) is 0 Å². The quantitative estimate of drug-likeness (QED) is 0.559. The molecule has 0 saturated heterocycles. The number of aryl methyl sites for hydroxylation is 1. The predicted molar refractivity (Wildman–Crippen MR) is 128 cm³/mol. The second kappa shape index (κ2) is 12.4. The van der Waals surface area contributed by atoms with E-state index in [0.29, 0.717) is 24.8 Å². The van der Waals surface area contributed by atoms with Crippen molar-refractivity contribution in [3.05, 3.63) is 65.2 Å². The second-order valence-corrected chi connectivity index (χ2v) is 9.09. The van der Waals surface area contributed by atoms with Gasteiger partial charge in [0, 0.05) is 18.8 Å². The van der Waals surface area contributed by atoms with Gasteiger partial charge in [0.25, 0.3) is 0 Å². The number of carbonyl (C=O) groups excluding carboxylic acids is 2. The number of carbonyl (C=O) groups is 2. The van der Waals surface area contributed by atoms with Gasteiger partial charge in [0.1, 0.15) is 11.8 Å². The number of hydrogen-bond donors (Lipinski definition) is 1. The molecule has 5 nitrogen and oxygen atoms in total. The predicted octanol–water partition coefficient (Wildman–Crippen LogP) is 4.43. The van der Waals surface area contributed by atoms with E-state index >= 15 is 0 Å². The zero-order valence-electron chi connectivity index (χ0n) is 19.2. The van der Waals surface area contributed by atoms with Gasteiger partial charge in [0.05, 0.1) is 12.9 Å². The fourth-order valence-electron chi connectivity index (χ4n) is 3.07. The maximum absolute atomic E-state index is 13.1. The Labute approximate surface area is 190 Å². The van der Waals surface area contributed by atoms with E-state index in [1.54, 1.807) is 30.7 Å². The van der Waals surface area contributed by atoms with Crippen LogP contribution in [-0.4, -0.2) is 42.2 Å². The molecule has 31 heavy (non-hydrogen) atoms. The van der Waals surface area contributed by atoms with E-state index in [1.165, 1.54) is 0 Å². The summed E-state index contributed by atoms with van der Waals surface area (Å²) in [5.41, 5.74) is 3.30. The zero-order chi connectivity index (χ0) is 22.8. The van der Waals surface area contributed by atoms with Crippen LogP contribution >= 0.6 is 11.8 Å². The van der Waals surface area contributed by atoms with Crippen molar-refractivity contribution in [3.8, 4) is 5.75 Å². The van der Waals surface area contributed by atoms with Crippen molar-refractivity contribution in [2.75, 3.05) is 19.4 Å². The molecule has 0 aliphatic carbocycles. The number of nitrogens with one attached hydrogen (secondary N) is 1. The first-order valence-corrected chi connectivity index (χ1v) is 11.8. The minimum atomic E-state index is -0.535. The van der Waals surface area contributed by atoms with Gasteiger partial charge in [-0.3, -0.25) is 9.59 Å². The Balaban J connectivity index is 2.05. The second-order valence-electron chi connectivity index (χ2n) is 8.10. The molecular weight excluding hydrogens is 408 g/mol.